The van der Waals surface area contributed by atoms with Crippen molar-refractivity contribution in [3.63, 3.8) is 0 Å². The quantitative estimate of drug-likeness (QED) is 0.893. The second kappa shape index (κ2) is 6.33. The van der Waals surface area contributed by atoms with Crippen LogP contribution >= 0.6 is 0 Å². The number of benzene rings is 2. The molecule has 0 aromatic heterocycles. The van der Waals surface area contributed by atoms with Gasteiger partial charge in [0.25, 0.3) is 0 Å². The van der Waals surface area contributed by atoms with E-state index in [1.807, 2.05) is 18.2 Å². The first-order valence-corrected chi connectivity index (χ1v) is 6.66. The monoisotopic (exact) mass is 271 g/mol. The third kappa shape index (κ3) is 3.23. The van der Waals surface area contributed by atoms with Gasteiger partial charge in [0.1, 0.15) is 0 Å². The summed E-state index contributed by atoms with van der Waals surface area (Å²) in [7, 11) is 3.29. The number of aryl methyl sites for hydroxylation is 2. The molecule has 2 rings (SSSR count). The molecule has 2 aromatic carbocycles. The van der Waals surface area contributed by atoms with Gasteiger partial charge in [0.2, 0.25) is 0 Å². The van der Waals surface area contributed by atoms with Crippen LogP contribution in [0.1, 0.15) is 16.7 Å². The van der Waals surface area contributed by atoms with E-state index in [0.717, 1.165) is 29.3 Å². The normalized spacial score (nSPS) is 10.2. The van der Waals surface area contributed by atoms with E-state index in [-0.39, 0.29) is 0 Å². The molecule has 0 aliphatic rings. The molecule has 2 aromatic rings. The van der Waals surface area contributed by atoms with Gasteiger partial charge in [-0.3, -0.25) is 0 Å². The molecule has 0 unspecified atom stereocenters. The van der Waals surface area contributed by atoms with E-state index in [2.05, 4.69) is 37.4 Å². The zero-order chi connectivity index (χ0) is 14.5. The molecule has 3 nitrogen and oxygen atoms in total. The van der Waals surface area contributed by atoms with Gasteiger partial charge in [-0.15, -0.1) is 0 Å². The number of ether oxygens (including phenoxy) is 2. The Labute approximate surface area is 120 Å². The first kappa shape index (κ1) is 14.3. The number of methoxy groups -OCH3 is 2. The maximum absolute atomic E-state index is 5.31. The minimum Gasteiger partial charge on any atom is -0.493 e. The first-order valence-electron chi connectivity index (χ1n) is 6.66. The Morgan fingerprint density at radius 3 is 2.25 bits per heavy atom. The summed E-state index contributed by atoms with van der Waals surface area (Å²) in [4.78, 5) is 0. The Hall–Kier alpha value is -2.16. The van der Waals surface area contributed by atoms with Crippen molar-refractivity contribution >= 4 is 5.69 Å². The minimum atomic E-state index is 0.752. The molecular weight excluding hydrogens is 250 g/mol. The predicted octanol–water partition coefficient (Wildman–Crippen LogP) is 3.93. The topological polar surface area (TPSA) is 30.5 Å². The van der Waals surface area contributed by atoms with Crippen LogP contribution < -0.4 is 14.8 Å². The summed E-state index contributed by atoms with van der Waals surface area (Å²) in [5, 5.41) is 3.42. The number of anilines is 1. The lowest BCUT2D eigenvalue weighted by molar-refractivity contribution is 0.354. The van der Waals surface area contributed by atoms with E-state index < -0.39 is 0 Å². The van der Waals surface area contributed by atoms with E-state index in [0.29, 0.717) is 0 Å². The lowest BCUT2D eigenvalue weighted by atomic mass is 10.1. The predicted molar refractivity (Wildman–Crippen MR) is 82.8 cm³/mol. The van der Waals surface area contributed by atoms with Gasteiger partial charge in [-0.25, -0.2) is 0 Å². The molecule has 0 bridgehead atoms. The van der Waals surface area contributed by atoms with Crippen molar-refractivity contribution < 1.29 is 9.47 Å². The summed E-state index contributed by atoms with van der Waals surface area (Å²) >= 11 is 0. The number of hydrogen-bond acceptors (Lipinski definition) is 3. The Kier molecular flexibility index (Phi) is 4.51. The molecule has 0 aliphatic carbocycles. The Morgan fingerprint density at radius 1 is 0.850 bits per heavy atom. The molecule has 0 fully saturated rings. The summed E-state index contributed by atoms with van der Waals surface area (Å²) in [6.45, 7) is 4.99. The summed E-state index contributed by atoms with van der Waals surface area (Å²) in [5.74, 6) is 1.51. The number of hydrogen-bond donors (Lipinski definition) is 1. The molecule has 3 heteroatoms. The van der Waals surface area contributed by atoms with Crippen LogP contribution in [0.15, 0.2) is 36.4 Å². The van der Waals surface area contributed by atoms with Crippen LogP contribution in [0.25, 0.3) is 0 Å². The Morgan fingerprint density at radius 2 is 1.60 bits per heavy atom. The van der Waals surface area contributed by atoms with Gasteiger partial charge in [-0.2, -0.15) is 0 Å². The molecular formula is C17H21NO2. The second-order valence-corrected chi connectivity index (χ2v) is 4.84. The average Bonchev–Trinajstić information content (AvgIpc) is 2.48. The lowest BCUT2D eigenvalue weighted by Crippen LogP contribution is -2.01. The zero-order valence-corrected chi connectivity index (χ0v) is 12.5. The minimum absolute atomic E-state index is 0.752. The average molecular weight is 271 g/mol. The number of nitrogens with one attached hydrogen (secondary N) is 1. The van der Waals surface area contributed by atoms with Crippen LogP contribution in [-0.2, 0) is 6.54 Å². The van der Waals surface area contributed by atoms with Gasteiger partial charge < -0.3 is 14.8 Å². The van der Waals surface area contributed by atoms with Crippen LogP contribution in [0.4, 0.5) is 5.69 Å². The van der Waals surface area contributed by atoms with E-state index in [1.54, 1.807) is 14.2 Å². The summed E-state index contributed by atoms with van der Waals surface area (Å²) in [5.41, 5.74) is 4.88. The van der Waals surface area contributed by atoms with Crippen molar-refractivity contribution in [2.45, 2.75) is 20.4 Å². The summed E-state index contributed by atoms with van der Waals surface area (Å²) in [6.07, 6.45) is 0. The fraction of sp³-hybridized carbons (Fsp3) is 0.294. The molecule has 0 saturated heterocycles. The van der Waals surface area contributed by atoms with Crippen molar-refractivity contribution in [3.05, 3.63) is 53.1 Å². The number of rotatable bonds is 5. The van der Waals surface area contributed by atoms with Gasteiger partial charge in [-0.1, -0.05) is 12.1 Å². The molecule has 20 heavy (non-hydrogen) atoms. The summed E-state index contributed by atoms with van der Waals surface area (Å²) < 4.78 is 10.5. The second-order valence-electron chi connectivity index (χ2n) is 4.84. The lowest BCUT2D eigenvalue weighted by Gasteiger charge is -2.12. The first-order chi connectivity index (χ1) is 9.63. The molecule has 0 spiro atoms. The van der Waals surface area contributed by atoms with Gasteiger partial charge in [0.05, 0.1) is 14.2 Å². The smallest absolute Gasteiger partial charge is 0.161 e. The van der Waals surface area contributed by atoms with Crippen LogP contribution in [0.2, 0.25) is 0 Å². The molecule has 0 aliphatic heterocycles. The third-order valence-electron chi connectivity index (χ3n) is 3.45. The maximum Gasteiger partial charge on any atom is 0.161 e. The molecule has 1 N–H and O–H groups in total. The Bertz CT molecular complexity index is 594. The van der Waals surface area contributed by atoms with Gasteiger partial charge >= 0.3 is 0 Å². The highest BCUT2D eigenvalue weighted by Gasteiger charge is 2.04. The van der Waals surface area contributed by atoms with Crippen molar-refractivity contribution in [3.8, 4) is 11.5 Å². The van der Waals surface area contributed by atoms with E-state index >= 15 is 0 Å². The zero-order valence-electron chi connectivity index (χ0n) is 12.5. The molecule has 0 radical (unpaired) electrons. The highest BCUT2D eigenvalue weighted by atomic mass is 16.5. The van der Waals surface area contributed by atoms with Crippen molar-refractivity contribution in [2.24, 2.45) is 0 Å². The van der Waals surface area contributed by atoms with Crippen LogP contribution in [0.5, 0.6) is 11.5 Å². The molecule has 0 atom stereocenters. The molecule has 0 heterocycles. The summed E-state index contributed by atoms with van der Waals surface area (Å²) in [6, 6.07) is 12.4. The van der Waals surface area contributed by atoms with E-state index in [9.17, 15) is 0 Å². The van der Waals surface area contributed by atoms with Crippen LogP contribution in [0.3, 0.4) is 0 Å². The fourth-order valence-corrected chi connectivity index (χ4v) is 2.05. The van der Waals surface area contributed by atoms with Crippen LogP contribution in [0, 0.1) is 13.8 Å². The third-order valence-corrected chi connectivity index (χ3v) is 3.45. The molecule has 106 valence electrons. The van der Waals surface area contributed by atoms with E-state index in [1.165, 1.54) is 11.1 Å². The van der Waals surface area contributed by atoms with Crippen molar-refractivity contribution in [1.82, 2.24) is 0 Å². The van der Waals surface area contributed by atoms with Crippen molar-refractivity contribution in [1.29, 1.82) is 0 Å². The highest BCUT2D eigenvalue weighted by molar-refractivity contribution is 5.49. The largest absolute Gasteiger partial charge is 0.493 e. The van der Waals surface area contributed by atoms with Gasteiger partial charge in [0, 0.05) is 12.2 Å². The van der Waals surface area contributed by atoms with Crippen LogP contribution in [-0.4, -0.2) is 14.2 Å². The molecule has 0 saturated carbocycles. The van der Waals surface area contributed by atoms with E-state index in [4.69, 9.17) is 9.47 Å². The standard InChI is InChI=1S/C17H21NO2/c1-12-5-7-15(9-13(12)2)18-11-14-6-8-16(19-3)17(10-14)20-4/h5-10,18H,11H2,1-4H3. The van der Waals surface area contributed by atoms with Gasteiger partial charge in [0.15, 0.2) is 11.5 Å². The fourth-order valence-electron chi connectivity index (χ4n) is 2.05. The Balaban J connectivity index is 2.08. The highest BCUT2D eigenvalue weighted by Crippen LogP contribution is 2.27. The molecule has 0 amide bonds. The SMILES string of the molecule is COc1ccc(CNc2ccc(C)c(C)c2)cc1OC. The maximum atomic E-state index is 5.31. The van der Waals surface area contributed by atoms with Gasteiger partial charge in [-0.05, 0) is 54.8 Å². The van der Waals surface area contributed by atoms with Crippen molar-refractivity contribution in [2.75, 3.05) is 19.5 Å².